The molecule has 13 heavy (non-hydrogen) atoms. The molecular formula is C13H18. The molecule has 0 aromatic carbocycles. The summed E-state index contributed by atoms with van der Waals surface area (Å²) in [5.41, 5.74) is 1.53. The van der Waals surface area contributed by atoms with Crippen molar-refractivity contribution in [3.63, 3.8) is 0 Å². The maximum Gasteiger partial charge on any atom is -0.0194 e. The third-order valence-electron chi connectivity index (χ3n) is 4.49. The zero-order valence-electron chi connectivity index (χ0n) is 8.21. The van der Waals surface area contributed by atoms with Gasteiger partial charge in [0, 0.05) is 0 Å². The van der Waals surface area contributed by atoms with Gasteiger partial charge in [0.2, 0.25) is 0 Å². The van der Waals surface area contributed by atoms with Crippen molar-refractivity contribution in [3.8, 4) is 0 Å². The molecule has 0 heterocycles. The summed E-state index contributed by atoms with van der Waals surface area (Å²) >= 11 is 0. The summed E-state index contributed by atoms with van der Waals surface area (Å²) < 4.78 is 0. The number of hydrogen-bond acceptors (Lipinski definition) is 0. The van der Waals surface area contributed by atoms with Crippen LogP contribution < -0.4 is 0 Å². The van der Waals surface area contributed by atoms with Gasteiger partial charge in [-0.25, -0.2) is 0 Å². The van der Waals surface area contributed by atoms with Gasteiger partial charge in [-0.15, -0.1) is 0 Å². The molecule has 3 fully saturated rings. The lowest BCUT2D eigenvalue weighted by molar-refractivity contribution is 0.0508. The van der Waals surface area contributed by atoms with Gasteiger partial charge >= 0.3 is 0 Å². The van der Waals surface area contributed by atoms with Crippen molar-refractivity contribution in [1.82, 2.24) is 0 Å². The highest BCUT2D eigenvalue weighted by molar-refractivity contribution is 5.23. The van der Waals surface area contributed by atoms with Gasteiger partial charge in [0.1, 0.15) is 0 Å². The molecule has 0 aromatic rings. The number of hydrogen-bond donors (Lipinski definition) is 0. The fourth-order valence-electron chi connectivity index (χ4n) is 3.95. The van der Waals surface area contributed by atoms with E-state index in [1.807, 2.05) is 0 Å². The molecule has 0 heteroatoms. The Labute approximate surface area is 80.7 Å². The van der Waals surface area contributed by atoms with E-state index in [9.17, 15) is 0 Å². The second-order valence-corrected chi connectivity index (χ2v) is 5.15. The Morgan fingerprint density at radius 1 is 1.31 bits per heavy atom. The van der Waals surface area contributed by atoms with Crippen molar-refractivity contribution in [2.75, 3.05) is 0 Å². The molecule has 0 N–H and O–H groups in total. The van der Waals surface area contributed by atoms with Crippen molar-refractivity contribution in [3.05, 3.63) is 24.3 Å². The van der Waals surface area contributed by atoms with Crippen molar-refractivity contribution >= 4 is 0 Å². The number of fused-ring (bicyclic) bond motifs is 1. The molecule has 70 valence electrons. The van der Waals surface area contributed by atoms with Crippen LogP contribution in [0.5, 0.6) is 0 Å². The number of allylic oxidation sites excluding steroid dienone is 3. The van der Waals surface area contributed by atoms with Gasteiger partial charge in [-0.05, 0) is 49.4 Å². The molecule has 3 saturated carbocycles. The minimum absolute atomic E-state index is 0.930. The fraction of sp³-hybridized carbons (Fsp3) is 0.692. The smallest absolute Gasteiger partial charge is 0.0194 e. The van der Waals surface area contributed by atoms with Crippen LogP contribution in [-0.4, -0.2) is 0 Å². The Bertz CT molecular complexity index is 261. The van der Waals surface area contributed by atoms with Gasteiger partial charge in [0.15, 0.2) is 0 Å². The van der Waals surface area contributed by atoms with E-state index in [-0.39, 0.29) is 0 Å². The summed E-state index contributed by atoms with van der Waals surface area (Å²) in [5.74, 6) is 4.08. The largest absolute Gasteiger partial charge is 0.0988 e. The van der Waals surface area contributed by atoms with Crippen molar-refractivity contribution in [2.24, 2.45) is 23.7 Å². The Kier molecular flexibility index (Phi) is 1.65. The van der Waals surface area contributed by atoms with E-state index in [2.05, 4.69) is 18.7 Å². The van der Waals surface area contributed by atoms with E-state index in [1.165, 1.54) is 37.7 Å². The van der Waals surface area contributed by atoms with E-state index in [1.54, 1.807) is 0 Å². The molecule has 4 atom stereocenters. The fourth-order valence-corrected chi connectivity index (χ4v) is 3.95. The van der Waals surface area contributed by atoms with E-state index >= 15 is 0 Å². The van der Waals surface area contributed by atoms with Crippen LogP contribution in [0.15, 0.2) is 24.3 Å². The minimum Gasteiger partial charge on any atom is -0.0988 e. The predicted molar refractivity (Wildman–Crippen MR) is 55.3 cm³/mol. The minimum atomic E-state index is 0.930. The summed E-state index contributed by atoms with van der Waals surface area (Å²) in [6.45, 7) is 3.91. The summed E-state index contributed by atoms with van der Waals surface area (Å²) in [6, 6.07) is 0. The summed E-state index contributed by atoms with van der Waals surface area (Å²) in [6.07, 6.45) is 12.0. The van der Waals surface area contributed by atoms with Crippen LogP contribution in [0, 0.1) is 23.7 Å². The molecule has 0 aromatic heterocycles. The molecule has 4 unspecified atom stereocenters. The van der Waals surface area contributed by atoms with Crippen molar-refractivity contribution in [2.45, 2.75) is 32.1 Å². The topological polar surface area (TPSA) is 0 Å². The lowest BCUT2D eigenvalue weighted by atomic mass is 9.56. The van der Waals surface area contributed by atoms with Crippen LogP contribution in [0.3, 0.4) is 0 Å². The lowest BCUT2D eigenvalue weighted by Gasteiger charge is -2.49. The Balaban J connectivity index is 1.93. The Morgan fingerprint density at radius 3 is 2.92 bits per heavy atom. The molecule has 0 spiro atoms. The van der Waals surface area contributed by atoms with E-state index in [4.69, 9.17) is 0 Å². The first kappa shape index (κ1) is 7.84. The molecular weight excluding hydrogens is 156 g/mol. The molecule has 0 radical (unpaired) electrons. The molecule has 0 nitrogen and oxygen atoms in total. The molecule has 4 aliphatic rings. The second-order valence-electron chi connectivity index (χ2n) is 5.15. The standard InChI is InChI=1S/C13H18/c1-2-9-5-11-7-10-3-4-13(11)12(6-9)8-10/h2,5,10-13H,1,3-4,6-8H2. The first-order chi connectivity index (χ1) is 6.36. The van der Waals surface area contributed by atoms with E-state index in [0.29, 0.717) is 0 Å². The zero-order chi connectivity index (χ0) is 8.84. The molecule has 0 saturated heterocycles. The first-order valence-corrected chi connectivity index (χ1v) is 5.70. The molecule has 0 aliphatic heterocycles. The maximum absolute atomic E-state index is 3.91. The van der Waals surface area contributed by atoms with E-state index in [0.717, 1.165) is 23.7 Å². The average Bonchev–Trinajstić information content (AvgIpc) is 2.17. The van der Waals surface area contributed by atoms with Gasteiger partial charge < -0.3 is 0 Å². The van der Waals surface area contributed by atoms with Crippen LogP contribution in [0.25, 0.3) is 0 Å². The van der Waals surface area contributed by atoms with Crippen LogP contribution in [0.1, 0.15) is 32.1 Å². The van der Waals surface area contributed by atoms with Crippen LogP contribution in [0.4, 0.5) is 0 Å². The highest BCUT2D eigenvalue weighted by atomic mass is 14.5. The maximum atomic E-state index is 3.91. The highest BCUT2D eigenvalue weighted by Crippen LogP contribution is 2.53. The van der Waals surface area contributed by atoms with Gasteiger partial charge in [-0.1, -0.05) is 30.7 Å². The Hall–Kier alpha value is -0.520. The van der Waals surface area contributed by atoms with E-state index < -0.39 is 0 Å². The summed E-state index contributed by atoms with van der Waals surface area (Å²) in [4.78, 5) is 0. The average molecular weight is 174 g/mol. The second kappa shape index (κ2) is 2.73. The highest BCUT2D eigenvalue weighted by Gasteiger charge is 2.43. The Morgan fingerprint density at radius 2 is 2.23 bits per heavy atom. The van der Waals surface area contributed by atoms with Crippen LogP contribution in [-0.2, 0) is 0 Å². The zero-order valence-corrected chi connectivity index (χ0v) is 8.21. The SMILES string of the molecule is C=CC1=CC2CC3CCC2C(C1)C3. The summed E-state index contributed by atoms with van der Waals surface area (Å²) in [7, 11) is 0. The van der Waals surface area contributed by atoms with Gasteiger partial charge in [0.25, 0.3) is 0 Å². The summed E-state index contributed by atoms with van der Waals surface area (Å²) in [5, 5.41) is 0. The third kappa shape index (κ3) is 1.11. The molecule has 0 amide bonds. The van der Waals surface area contributed by atoms with Gasteiger partial charge in [0.05, 0.1) is 0 Å². The van der Waals surface area contributed by atoms with Crippen molar-refractivity contribution in [1.29, 1.82) is 0 Å². The third-order valence-corrected chi connectivity index (χ3v) is 4.49. The van der Waals surface area contributed by atoms with Crippen molar-refractivity contribution < 1.29 is 0 Å². The lowest BCUT2D eigenvalue weighted by Crippen LogP contribution is -2.39. The quantitative estimate of drug-likeness (QED) is 0.570. The van der Waals surface area contributed by atoms with Crippen LogP contribution >= 0.6 is 0 Å². The molecule has 4 rings (SSSR count). The number of rotatable bonds is 1. The molecule has 4 bridgehead atoms. The van der Waals surface area contributed by atoms with Gasteiger partial charge in [-0.2, -0.15) is 0 Å². The predicted octanol–water partition coefficient (Wildman–Crippen LogP) is 3.55. The monoisotopic (exact) mass is 174 g/mol. The van der Waals surface area contributed by atoms with Crippen LogP contribution in [0.2, 0.25) is 0 Å². The first-order valence-electron chi connectivity index (χ1n) is 5.70. The molecule has 4 aliphatic carbocycles. The normalized spacial score (nSPS) is 47.2. The van der Waals surface area contributed by atoms with Gasteiger partial charge in [-0.3, -0.25) is 0 Å².